The second-order valence-corrected chi connectivity index (χ2v) is 7.51. The van der Waals surface area contributed by atoms with Crippen LogP contribution in [0.5, 0.6) is 0 Å². The van der Waals surface area contributed by atoms with Gasteiger partial charge < -0.3 is 9.84 Å². The normalized spacial score (nSPS) is 26.1. The summed E-state index contributed by atoms with van der Waals surface area (Å²) >= 11 is 0. The fourth-order valence-corrected chi connectivity index (χ4v) is 5.07. The topological polar surface area (TPSA) is 66.8 Å². The molecule has 1 heterocycles. The summed E-state index contributed by atoms with van der Waals surface area (Å²) in [6, 6.07) is 0.0762. The van der Waals surface area contributed by atoms with Crippen LogP contribution in [0.2, 0.25) is 0 Å². The molecule has 0 radical (unpaired) electrons. The van der Waals surface area contributed by atoms with E-state index in [-0.39, 0.29) is 31.1 Å². The van der Waals surface area contributed by atoms with Crippen LogP contribution in [0.15, 0.2) is 0 Å². The number of rotatable bonds is 6. The van der Waals surface area contributed by atoms with Crippen molar-refractivity contribution in [1.82, 2.24) is 4.31 Å². The molecule has 2 fully saturated rings. The molecule has 1 saturated carbocycles. The van der Waals surface area contributed by atoms with E-state index >= 15 is 0 Å². The van der Waals surface area contributed by atoms with E-state index in [1.54, 1.807) is 0 Å². The monoisotopic (exact) mass is 291 g/mol. The summed E-state index contributed by atoms with van der Waals surface area (Å²) in [6.07, 6.45) is 6.82. The van der Waals surface area contributed by atoms with Crippen molar-refractivity contribution < 1.29 is 18.3 Å². The summed E-state index contributed by atoms with van der Waals surface area (Å²) in [6.45, 7) is 0.782. The van der Waals surface area contributed by atoms with Crippen molar-refractivity contribution in [3.8, 4) is 0 Å². The van der Waals surface area contributed by atoms with E-state index in [1.165, 1.54) is 10.7 Å². The Morgan fingerprint density at radius 1 is 1.11 bits per heavy atom. The van der Waals surface area contributed by atoms with Gasteiger partial charge in [-0.1, -0.05) is 19.3 Å². The van der Waals surface area contributed by atoms with Crippen molar-refractivity contribution >= 4 is 10.0 Å². The molecule has 112 valence electrons. The minimum atomic E-state index is -3.32. The van der Waals surface area contributed by atoms with E-state index in [0.717, 1.165) is 38.5 Å². The van der Waals surface area contributed by atoms with Crippen LogP contribution >= 0.6 is 0 Å². The first-order valence-electron chi connectivity index (χ1n) is 7.35. The number of ether oxygens (including phenoxy) is 1. The van der Waals surface area contributed by atoms with Crippen LogP contribution in [0, 0.1) is 0 Å². The molecule has 0 aromatic carbocycles. The minimum absolute atomic E-state index is 0.0729. The Hall–Kier alpha value is -0.170. The third-order valence-corrected chi connectivity index (χ3v) is 6.07. The summed E-state index contributed by atoms with van der Waals surface area (Å²) in [5.74, 6) is 0.0729. The predicted octanol–water partition coefficient (Wildman–Crippen LogP) is 1.12. The first-order valence-corrected chi connectivity index (χ1v) is 8.96. The van der Waals surface area contributed by atoms with E-state index in [2.05, 4.69) is 0 Å². The molecule has 1 atom stereocenters. The summed E-state index contributed by atoms with van der Waals surface area (Å²) in [5, 5.41) is 9.15. The third kappa shape index (κ3) is 4.15. The van der Waals surface area contributed by atoms with E-state index in [4.69, 9.17) is 9.84 Å². The second kappa shape index (κ2) is 7.02. The van der Waals surface area contributed by atoms with Crippen LogP contribution in [-0.2, 0) is 14.8 Å². The fraction of sp³-hybridized carbons (Fsp3) is 1.00. The number of aliphatic hydroxyl groups is 1. The molecule has 1 saturated heterocycles. The van der Waals surface area contributed by atoms with Crippen molar-refractivity contribution in [3.05, 3.63) is 0 Å². The Morgan fingerprint density at radius 3 is 2.42 bits per heavy atom. The van der Waals surface area contributed by atoms with E-state index in [9.17, 15) is 8.42 Å². The fourth-order valence-electron chi connectivity index (χ4n) is 3.12. The van der Waals surface area contributed by atoms with E-state index < -0.39 is 10.0 Å². The van der Waals surface area contributed by atoms with Crippen LogP contribution in [0.3, 0.4) is 0 Å². The van der Waals surface area contributed by atoms with Gasteiger partial charge >= 0.3 is 0 Å². The maximum atomic E-state index is 12.5. The number of hydrogen-bond donors (Lipinski definition) is 1. The zero-order chi connectivity index (χ0) is 13.7. The molecule has 1 N–H and O–H groups in total. The zero-order valence-electron chi connectivity index (χ0n) is 11.5. The standard InChI is InChI=1S/C13H25NO4S/c15-9-8-14(12-5-2-1-3-6-12)19(16,17)11-13-7-4-10-18-13/h12-13,15H,1-11H2. The van der Waals surface area contributed by atoms with Gasteiger partial charge in [0.2, 0.25) is 10.0 Å². The molecule has 1 unspecified atom stereocenters. The highest BCUT2D eigenvalue weighted by molar-refractivity contribution is 7.89. The molecule has 0 bridgehead atoms. The van der Waals surface area contributed by atoms with Gasteiger partial charge in [0.15, 0.2) is 0 Å². The van der Waals surface area contributed by atoms with Crippen LogP contribution in [0.4, 0.5) is 0 Å². The van der Waals surface area contributed by atoms with Gasteiger partial charge in [-0.25, -0.2) is 8.42 Å². The molecule has 19 heavy (non-hydrogen) atoms. The Bertz CT molecular complexity index is 359. The minimum Gasteiger partial charge on any atom is -0.395 e. The highest BCUT2D eigenvalue weighted by atomic mass is 32.2. The molecule has 2 aliphatic rings. The van der Waals surface area contributed by atoms with Gasteiger partial charge in [-0.15, -0.1) is 0 Å². The van der Waals surface area contributed by atoms with Gasteiger partial charge in [0, 0.05) is 19.2 Å². The van der Waals surface area contributed by atoms with Crippen LogP contribution in [-0.4, -0.2) is 55.5 Å². The van der Waals surface area contributed by atoms with Gasteiger partial charge in [-0.2, -0.15) is 4.31 Å². The molecule has 0 amide bonds. The van der Waals surface area contributed by atoms with E-state index in [1.807, 2.05) is 0 Å². The van der Waals surface area contributed by atoms with Crippen LogP contribution < -0.4 is 0 Å². The number of nitrogens with zero attached hydrogens (tertiary/aromatic N) is 1. The molecule has 0 aromatic heterocycles. The molecule has 0 aromatic rings. The first-order chi connectivity index (χ1) is 9.13. The molecule has 1 aliphatic heterocycles. The number of hydrogen-bond acceptors (Lipinski definition) is 4. The van der Waals surface area contributed by atoms with Crippen LogP contribution in [0.1, 0.15) is 44.9 Å². The van der Waals surface area contributed by atoms with Crippen molar-refractivity contribution in [1.29, 1.82) is 0 Å². The molecular formula is C13H25NO4S. The van der Waals surface area contributed by atoms with Gasteiger partial charge in [-0.3, -0.25) is 0 Å². The van der Waals surface area contributed by atoms with Crippen molar-refractivity contribution in [2.45, 2.75) is 57.1 Å². The maximum absolute atomic E-state index is 12.5. The average molecular weight is 291 g/mol. The quantitative estimate of drug-likeness (QED) is 0.796. The molecule has 0 spiro atoms. The van der Waals surface area contributed by atoms with Gasteiger partial charge in [-0.05, 0) is 25.7 Å². The zero-order valence-corrected chi connectivity index (χ0v) is 12.3. The van der Waals surface area contributed by atoms with E-state index in [0.29, 0.717) is 6.61 Å². The lowest BCUT2D eigenvalue weighted by Crippen LogP contribution is -2.45. The lowest BCUT2D eigenvalue weighted by atomic mass is 9.95. The Kier molecular flexibility index (Phi) is 5.62. The molecule has 5 nitrogen and oxygen atoms in total. The smallest absolute Gasteiger partial charge is 0.216 e. The third-order valence-electron chi connectivity index (χ3n) is 4.08. The Balaban J connectivity index is 2.02. The van der Waals surface area contributed by atoms with Crippen molar-refractivity contribution in [2.24, 2.45) is 0 Å². The average Bonchev–Trinajstić information content (AvgIpc) is 2.89. The van der Waals surface area contributed by atoms with Crippen molar-refractivity contribution in [3.63, 3.8) is 0 Å². The molecular weight excluding hydrogens is 266 g/mol. The van der Waals surface area contributed by atoms with Crippen molar-refractivity contribution in [2.75, 3.05) is 25.5 Å². The molecule has 2 rings (SSSR count). The summed E-state index contributed by atoms with van der Waals surface area (Å²) in [4.78, 5) is 0. The number of sulfonamides is 1. The first kappa shape index (κ1) is 15.2. The Labute approximate surface area is 116 Å². The van der Waals surface area contributed by atoms with Gasteiger partial charge in [0.25, 0.3) is 0 Å². The summed E-state index contributed by atoms with van der Waals surface area (Å²) < 4.78 is 32.0. The lowest BCUT2D eigenvalue weighted by molar-refractivity contribution is 0.124. The Morgan fingerprint density at radius 2 is 1.84 bits per heavy atom. The number of aliphatic hydroxyl groups excluding tert-OH is 1. The molecule has 6 heteroatoms. The summed E-state index contributed by atoms with van der Waals surface area (Å²) in [7, 11) is -3.32. The lowest BCUT2D eigenvalue weighted by Gasteiger charge is -2.33. The highest BCUT2D eigenvalue weighted by Gasteiger charge is 2.33. The highest BCUT2D eigenvalue weighted by Crippen LogP contribution is 2.26. The predicted molar refractivity (Wildman–Crippen MR) is 73.4 cm³/mol. The van der Waals surface area contributed by atoms with Crippen LogP contribution in [0.25, 0.3) is 0 Å². The largest absolute Gasteiger partial charge is 0.395 e. The summed E-state index contributed by atoms with van der Waals surface area (Å²) in [5.41, 5.74) is 0. The van der Waals surface area contributed by atoms with Gasteiger partial charge in [0.1, 0.15) is 0 Å². The molecule has 1 aliphatic carbocycles. The van der Waals surface area contributed by atoms with Gasteiger partial charge in [0.05, 0.1) is 18.5 Å². The SMILES string of the molecule is O=S(=O)(CC1CCCO1)N(CCO)C1CCCCC1. The maximum Gasteiger partial charge on any atom is 0.216 e. The second-order valence-electron chi connectivity index (χ2n) is 5.54.